The van der Waals surface area contributed by atoms with Gasteiger partial charge in [-0.15, -0.1) is 0 Å². The van der Waals surface area contributed by atoms with Crippen molar-refractivity contribution >= 4 is 55.6 Å². The molecular weight excluding hydrogens is 484 g/mol. The van der Waals surface area contributed by atoms with Gasteiger partial charge in [0.2, 0.25) is 11.8 Å². The summed E-state index contributed by atoms with van der Waals surface area (Å²) in [6.45, 7) is 6.62. The van der Waals surface area contributed by atoms with Crippen LogP contribution in [0.15, 0.2) is 46.2 Å². The zero-order chi connectivity index (χ0) is 25.8. The maximum absolute atomic E-state index is 11.9. The van der Waals surface area contributed by atoms with Crippen LogP contribution in [-0.2, 0) is 29.8 Å². The molecule has 4 N–H and O–H groups in total. The van der Waals surface area contributed by atoms with E-state index in [0.717, 1.165) is 12.1 Å². The molecule has 0 aliphatic rings. The molecule has 10 nitrogen and oxygen atoms in total. The average Bonchev–Trinajstić information content (AvgIpc) is 2.71. The second-order valence-corrected chi connectivity index (χ2v) is 10.9. The van der Waals surface area contributed by atoms with Gasteiger partial charge in [0.05, 0.1) is 0 Å². The van der Waals surface area contributed by atoms with Crippen LogP contribution in [0.2, 0.25) is 0 Å². The van der Waals surface area contributed by atoms with Gasteiger partial charge in [-0.05, 0) is 35.4 Å². The van der Waals surface area contributed by atoms with Gasteiger partial charge >= 0.3 is 0 Å². The summed E-state index contributed by atoms with van der Waals surface area (Å²) in [5, 5.41) is 5.06. The Morgan fingerprint density at radius 2 is 1.03 bits per heavy atom. The molecule has 0 aliphatic heterocycles. The Balaban J connectivity index is 2.51. The summed E-state index contributed by atoms with van der Waals surface area (Å²) in [7, 11) is -9.40. The summed E-state index contributed by atoms with van der Waals surface area (Å²) in [5.41, 5.74) is 0.298. The standard InChI is InChI=1S/C22H26N2O8S2/c1-13(2)21(25)23-17-9-7-15(19(11-17)33(27,28)29)5-6-16-8-10-18(24-22(26)14(3)4)12-20(16)34(30,31)32/h5-14H,1-4H3,(H,23,25)(H,24,26)(H,27,28,29)(H,30,31,32)/b6-5+. The molecule has 0 saturated carbocycles. The number of anilines is 2. The third-order valence-corrected chi connectivity index (χ3v) is 6.43. The van der Waals surface area contributed by atoms with Crippen LogP contribution in [0.25, 0.3) is 12.2 Å². The lowest BCUT2D eigenvalue weighted by atomic mass is 10.1. The van der Waals surface area contributed by atoms with E-state index in [2.05, 4.69) is 10.6 Å². The van der Waals surface area contributed by atoms with Crippen molar-refractivity contribution in [2.24, 2.45) is 11.8 Å². The Morgan fingerprint density at radius 3 is 1.29 bits per heavy atom. The van der Waals surface area contributed by atoms with Crippen molar-refractivity contribution in [2.45, 2.75) is 37.5 Å². The number of rotatable bonds is 8. The number of hydrogen-bond acceptors (Lipinski definition) is 6. The first-order chi connectivity index (χ1) is 15.6. The Bertz CT molecular complexity index is 1240. The minimum absolute atomic E-state index is 0.00326. The van der Waals surface area contributed by atoms with Gasteiger partial charge in [0.25, 0.3) is 20.2 Å². The van der Waals surface area contributed by atoms with E-state index < -0.39 is 30.0 Å². The van der Waals surface area contributed by atoms with Crippen molar-refractivity contribution in [3.05, 3.63) is 47.5 Å². The largest absolute Gasteiger partial charge is 0.326 e. The molecule has 0 atom stereocenters. The molecule has 2 aromatic carbocycles. The summed E-state index contributed by atoms with van der Waals surface area (Å²) in [6, 6.07) is 7.62. The van der Waals surface area contributed by atoms with Gasteiger partial charge in [0, 0.05) is 23.2 Å². The average molecular weight is 511 g/mol. The Morgan fingerprint density at radius 1 is 0.706 bits per heavy atom. The maximum Gasteiger partial charge on any atom is 0.295 e. The molecule has 0 spiro atoms. The van der Waals surface area contributed by atoms with Crippen molar-refractivity contribution in [2.75, 3.05) is 10.6 Å². The lowest BCUT2D eigenvalue weighted by molar-refractivity contribution is -0.119. The molecular formula is C22H26N2O8S2. The highest BCUT2D eigenvalue weighted by atomic mass is 32.2. The number of carbonyl (C=O) groups excluding carboxylic acids is 2. The zero-order valence-electron chi connectivity index (χ0n) is 18.9. The molecule has 2 rings (SSSR count). The number of carbonyl (C=O) groups is 2. The maximum atomic E-state index is 11.9. The van der Waals surface area contributed by atoms with Crippen LogP contribution < -0.4 is 10.6 Å². The minimum Gasteiger partial charge on any atom is -0.326 e. The van der Waals surface area contributed by atoms with E-state index in [1.807, 2.05) is 0 Å². The molecule has 2 amide bonds. The molecule has 34 heavy (non-hydrogen) atoms. The molecule has 0 fully saturated rings. The molecule has 2 aromatic rings. The zero-order valence-corrected chi connectivity index (χ0v) is 20.6. The predicted octanol–water partition coefficient (Wildman–Crippen LogP) is 3.54. The first-order valence-electron chi connectivity index (χ1n) is 10.1. The highest BCUT2D eigenvalue weighted by molar-refractivity contribution is 7.86. The van der Waals surface area contributed by atoms with Gasteiger partial charge in [-0.25, -0.2) is 0 Å². The molecule has 12 heteroatoms. The Kier molecular flexibility index (Phi) is 8.37. The van der Waals surface area contributed by atoms with Gasteiger partial charge < -0.3 is 10.6 Å². The molecule has 0 saturated heterocycles. The van der Waals surface area contributed by atoms with Crippen LogP contribution in [0.3, 0.4) is 0 Å². The molecule has 0 heterocycles. The van der Waals surface area contributed by atoms with Crippen LogP contribution in [0.1, 0.15) is 38.8 Å². The normalized spacial score (nSPS) is 12.4. The fourth-order valence-electron chi connectivity index (χ4n) is 2.70. The number of nitrogens with one attached hydrogen (secondary N) is 2. The highest BCUT2D eigenvalue weighted by Gasteiger charge is 2.19. The monoisotopic (exact) mass is 510 g/mol. The molecule has 0 aliphatic carbocycles. The molecule has 0 unspecified atom stereocenters. The van der Waals surface area contributed by atoms with Crippen molar-refractivity contribution < 1.29 is 35.5 Å². The molecule has 0 aromatic heterocycles. The topological polar surface area (TPSA) is 167 Å². The van der Waals surface area contributed by atoms with E-state index in [4.69, 9.17) is 0 Å². The van der Waals surface area contributed by atoms with Crippen molar-refractivity contribution in [1.82, 2.24) is 0 Å². The fourth-order valence-corrected chi connectivity index (χ4v) is 4.12. The van der Waals surface area contributed by atoms with Gasteiger partial charge in [-0.2, -0.15) is 16.8 Å². The quantitative estimate of drug-likeness (QED) is 0.309. The van der Waals surface area contributed by atoms with Crippen LogP contribution in [0.4, 0.5) is 11.4 Å². The third kappa shape index (κ3) is 7.22. The van der Waals surface area contributed by atoms with E-state index in [-0.39, 0.29) is 46.2 Å². The smallest absolute Gasteiger partial charge is 0.295 e. The Hall–Kier alpha value is -3.06. The highest BCUT2D eigenvalue weighted by Crippen LogP contribution is 2.26. The van der Waals surface area contributed by atoms with Crippen LogP contribution in [0, 0.1) is 11.8 Å². The van der Waals surface area contributed by atoms with Gasteiger partial charge in [-0.1, -0.05) is 52.0 Å². The summed E-state index contributed by atoms with van der Waals surface area (Å²) >= 11 is 0. The van der Waals surface area contributed by atoms with Crippen molar-refractivity contribution in [3.63, 3.8) is 0 Å². The second kappa shape index (κ2) is 10.5. The first kappa shape index (κ1) is 27.2. The van der Waals surface area contributed by atoms with E-state index >= 15 is 0 Å². The number of benzene rings is 2. The van der Waals surface area contributed by atoms with E-state index in [1.165, 1.54) is 36.4 Å². The first-order valence-corrected chi connectivity index (χ1v) is 13.0. The molecule has 0 radical (unpaired) electrons. The number of hydrogen-bond donors (Lipinski definition) is 4. The van der Waals surface area contributed by atoms with Crippen LogP contribution >= 0.6 is 0 Å². The summed E-state index contributed by atoms with van der Waals surface area (Å²) in [6.07, 6.45) is 2.46. The summed E-state index contributed by atoms with van der Waals surface area (Å²) < 4.78 is 66.9. The van der Waals surface area contributed by atoms with Gasteiger partial charge in [-0.3, -0.25) is 18.7 Å². The van der Waals surface area contributed by atoms with E-state index in [9.17, 15) is 35.5 Å². The lowest BCUT2D eigenvalue weighted by Crippen LogP contribution is -2.18. The van der Waals surface area contributed by atoms with Crippen molar-refractivity contribution in [3.8, 4) is 0 Å². The molecule has 0 bridgehead atoms. The van der Waals surface area contributed by atoms with Gasteiger partial charge in [0.1, 0.15) is 9.79 Å². The second-order valence-electron chi connectivity index (χ2n) is 8.08. The predicted molar refractivity (Wildman–Crippen MR) is 128 cm³/mol. The lowest BCUT2D eigenvalue weighted by Gasteiger charge is -2.11. The third-order valence-electron chi connectivity index (χ3n) is 4.61. The minimum atomic E-state index is -4.70. The van der Waals surface area contributed by atoms with E-state index in [1.54, 1.807) is 27.7 Å². The number of amides is 2. The SMILES string of the molecule is CC(C)C(=O)Nc1ccc(/C=C/c2ccc(NC(=O)C(C)C)cc2S(=O)(=O)O)c(S(=O)(=O)O)c1. The van der Waals surface area contributed by atoms with Gasteiger partial charge in [0.15, 0.2) is 0 Å². The van der Waals surface area contributed by atoms with Crippen molar-refractivity contribution in [1.29, 1.82) is 0 Å². The molecule has 184 valence electrons. The van der Waals surface area contributed by atoms with E-state index in [0.29, 0.717) is 0 Å². The Labute approximate surface area is 198 Å². The van der Waals surface area contributed by atoms with Crippen LogP contribution in [-0.4, -0.2) is 37.8 Å². The fraction of sp³-hybridized carbons (Fsp3) is 0.273. The summed E-state index contributed by atoms with van der Waals surface area (Å²) in [5.74, 6) is -1.43. The summed E-state index contributed by atoms with van der Waals surface area (Å²) in [4.78, 5) is 22.7. The van der Waals surface area contributed by atoms with Crippen LogP contribution in [0.5, 0.6) is 0 Å².